The van der Waals surface area contributed by atoms with Crippen molar-refractivity contribution in [1.82, 2.24) is 9.78 Å². The highest BCUT2D eigenvalue weighted by Gasteiger charge is 2.27. The maximum Gasteiger partial charge on any atom is 0.262 e. The molecule has 9 heteroatoms. The molecule has 0 unspecified atom stereocenters. The van der Waals surface area contributed by atoms with E-state index in [2.05, 4.69) is 15.1 Å². The summed E-state index contributed by atoms with van der Waals surface area (Å²) in [6.45, 7) is 7.14. The van der Waals surface area contributed by atoms with Gasteiger partial charge in [-0.1, -0.05) is 30.3 Å². The molecular formula is C23H24N4O4S. The van der Waals surface area contributed by atoms with Gasteiger partial charge in [-0.25, -0.2) is 8.42 Å². The number of benzene rings is 2. The number of hydrogen-bond acceptors (Lipinski definition) is 5. The summed E-state index contributed by atoms with van der Waals surface area (Å²) < 4.78 is 30.6. The number of hydrogen-bond donors (Lipinski definition) is 2. The zero-order valence-corrected chi connectivity index (χ0v) is 19.1. The van der Waals surface area contributed by atoms with Crippen LogP contribution in [-0.2, 0) is 14.8 Å². The number of amides is 1. The van der Waals surface area contributed by atoms with Crippen LogP contribution in [0.2, 0.25) is 0 Å². The Morgan fingerprint density at radius 3 is 2.34 bits per heavy atom. The minimum Gasteiger partial charge on any atom is -0.310 e. The lowest BCUT2D eigenvalue weighted by molar-refractivity contribution is -0.116. The zero-order valence-electron chi connectivity index (χ0n) is 18.3. The molecule has 2 heterocycles. The van der Waals surface area contributed by atoms with Crippen LogP contribution in [0.15, 0.2) is 41.3 Å². The average molecular weight is 453 g/mol. The number of nitrogens with one attached hydrogen (secondary N) is 2. The van der Waals surface area contributed by atoms with Gasteiger partial charge in [0.1, 0.15) is 5.82 Å². The summed E-state index contributed by atoms with van der Waals surface area (Å²) in [5.41, 5.74) is 4.35. The van der Waals surface area contributed by atoms with Gasteiger partial charge in [-0.05, 0) is 56.0 Å². The van der Waals surface area contributed by atoms with E-state index in [1.54, 1.807) is 32.0 Å². The van der Waals surface area contributed by atoms with Gasteiger partial charge >= 0.3 is 0 Å². The molecule has 1 aromatic heterocycles. The Hall–Kier alpha value is -3.46. The summed E-state index contributed by atoms with van der Waals surface area (Å²) in [6.07, 6.45) is 0.139. The number of carbonyl (C=O) groups excluding carboxylic acids is 2. The number of para-hydroxylation sites is 1. The van der Waals surface area contributed by atoms with Crippen molar-refractivity contribution >= 4 is 33.3 Å². The first-order chi connectivity index (χ1) is 15.1. The summed E-state index contributed by atoms with van der Waals surface area (Å²) in [4.78, 5) is 24.6. The number of carbonyl (C=O) groups is 2. The van der Waals surface area contributed by atoms with Crippen LogP contribution in [0, 0.1) is 27.7 Å². The molecule has 1 aliphatic heterocycles. The number of sulfonamides is 1. The van der Waals surface area contributed by atoms with E-state index in [0.29, 0.717) is 28.1 Å². The fourth-order valence-electron chi connectivity index (χ4n) is 3.90. The van der Waals surface area contributed by atoms with Crippen LogP contribution in [0.3, 0.4) is 0 Å². The third-order valence-corrected chi connectivity index (χ3v) is 7.10. The highest BCUT2D eigenvalue weighted by molar-refractivity contribution is 7.92. The van der Waals surface area contributed by atoms with Gasteiger partial charge < -0.3 is 5.32 Å². The lowest BCUT2D eigenvalue weighted by atomic mass is 10.0. The van der Waals surface area contributed by atoms with E-state index in [9.17, 15) is 18.0 Å². The van der Waals surface area contributed by atoms with Gasteiger partial charge in [0.05, 0.1) is 16.3 Å². The van der Waals surface area contributed by atoms with Gasteiger partial charge in [0.2, 0.25) is 11.8 Å². The molecule has 166 valence electrons. The Morgan fingerprint density at radius 2 is 1.66 bits per heavy atom. The third kappa shape index (κ3) is 3.80. The molecule has 0 saturated carbocycles. The Bertz CT molecular complexity index is 1350. The molecule has 2 aromatic carbocycles. The number of rotatable bonds is 4. The van der Waals surface area contributed by atoms with Gasteiger partial charge in [-0.15, -0.1) is 0 Å². The van der Waals surface area contributed by atoms with Crippen LogP contribution in [-0.4, -0.2) is 30.0 Å². The Labute approximate surface area is 186 Å². The van der Waals surface area contributed by atoms with E-state index >= 15 is 0 Å². The SMILES string of the molecule is Cc1ccc(-c2c(C)nn3c2NC(=O)CCC3=O)cc1S(=O)(=O)Nc1c(C)cccc1C. The molecule has 2 N–H and O–H groups in total. The van der Waals surface area contributed by atoms with Gasteiger partial charge in [0.15, 0.2) is 0 Å². The first kappa shape index (κ1) is 21.8. The minimum atomic E-state index is -3.90. The number of nitrogens with zero attached hydrogens (tertiary/aromatic N) is 2. The van der Waals surface area contributed by atoms with Crippen LogP contribution in [0.1, 0.15) is 40.0 Å². The Morgan fingerprint density at radius 1 is 0.969 bits per heavy atom. The second-order valence-corrected chi connectivity index (χ2v) is 9.67. The van der Waals surface area contributed by atoms with Crippen LogP contribution in [0.5, 0.6) is 0 Å². The smallest absolute Gasteiger partial charge is 0.262 e. The maximum atomic E-state index is 13.3. The number of aromatic nitrogens is 2. The number of fused-ring (bicyclic) bond motifs is 1. The van der Waals surface area contributed by atoms with E-state index in [0.717, 1.165) is 11.1 Å². The van der Waals surface area contributed by atoms with E-state index in [1.165, 1.54) is 4.68 Å². The largest absolute Gasteiger partial charge is 0.310 e. The second kappa shape index (κ2) is 7.90. The molecule has 8 nitrogen and oxygen atoms in total. The van der Waals surface area contributed by atoms with Crippen molar-refractivity contribution in [2.45, 2.75) is 45.4 Å². The summed E-state index contributed by atoms with van der Waals surface area (Å²) in [5.74, 6) is -0.302. The first-order valence-corrected chi connectivity index (χ1v) is 11.7. The normalized spacial score (nSPS) is 14.0. The van der Waals surface area contributed by atoms with Crippen molar-refractivity contribution in [2.75, 3.05) is 10.0 Å². The van der Waals surface area contributed by atoms with Crippen molar-refractivity contribution < 1.29 is 18.0 Å². The highest BCUT2D eigenvalue weighted by Crippen LogP contribution is 2.35. The Balaban J connectivity index is 1.83. The number of anilines is 2. The van der Waals surface area contributed by atoms with Crippen LogP contribution < -0.4 is 10.0 Å². The molecular weight excluding hydrogens is 428 g/mol. The minimum absolute atomic E-state index is 0.0621. The molecule has 1 aliphatic rings. The van der Waals surface area contributed by atoms with Crippen LogP contribution in [0.4, 0.5) is 11.5 Å². The zero-order chi connectivity index (χ0) is 23.2. The second-order valence-electron chi connectivity index (χ2n) is 8.02. The van der Waals surface area contributed by atoms with E-state index < -0.39 is 10.0 Å². The molecule has 32 heavy (non-hydrogen) atoms. The quantitative estimate of drug-likeness (QED) is 0.623. The van der Waals surface area contributed by atoms with Gasteiger partial charge in [-0.2, -0.15) is 9.78 Å². The molecule has 3 aromatic rings. The molecule has 0 spiro atoms. The molecule has 1 amide bonds. The molecule has 0 fully saturated rings. The van der Waals surface area contributed by atoms with E-state index in [4.69, 9.17) is 0 Å². The van der Waals surface area contributed by atoms with Crippen LogP contribution in [0.25, 0.3) is 11.1 Å². The third-order valence-electron chi connectivity index (χ3n) is 5.60. The molecule has 0 atom stereocenters. The Kier molecular flexibility index (Phi) is 5.37. The average Bonchev–Trinajstić information content (AvgIpc) is 2.98. The molecule has 4 rings (SSSR count). The highest BCUT2D eigenvalue weighted by atomic mass is 32.2. The van der Waals surface area contributed by atoms with Crippen LogP contribution >= 0.6 is 0 Å². The summed E-state index contributed by atoms with van der Waals surface area (Å²) in [5, 5.41) is 7.04. The number of aryl methyl sites for hydroxylation is 4. The molecule has 0 bridgehead atoms. The monoisotopic (exact) mass is 452 g/mol. The van der Waals surface area contributed by atoms with Crippen molar-refractivity contribution in [3.05, 3.63) is 58.8 Å². The first-order valence-electron chi connectivity index (χ1n) is 10.2. The van der Waals surface area contributed by atoms with E-state index in [-0.39, 0.29) is 35.4 Å². The van der Waals surface area contributed by atoms with Crippen molar-refractivity contribution in [3.63, 3.8) is 0 Å². The molecule has 0 saturated heterocycles. The fourth-order valence-corrected chi connectivity index (χ4v) is 5.37. The van der Waals surface area contributed by atoms with Crippen molar-refractivity contribution in [2.24, 2.45) is 0 Å². The topological polar surface area (TPSA) is 110 Å². The standard InChI is InChI=1S/C23H24N4O4S/c1-13-8-9-17(21-16(4)25-27-20(29)11-10-19(28)24-23(21)27)12-18(13)32(30,31)26-22-14(2)6-5-7-15(22)3/h5-9,12,26H,10-11H2,1-4H3,(H,24,28). The predicted octanol–water partition coefficient (Wildman–Crippen LogP) is 3.96. The van der Waals surface area contributed by atoms with Crippen molar-refractivity contribution in [3.8, 4) is 11.1 Å². The summed E-state index contributed by atoms with van der Waals surface area (Å²) in [7, 11) is -3.90. The predicted molar refractivity (Wildman–Crippen MR) is 122 cm³/mol. The lowest BCUT2D eigenvalue weighted by Crippen LogP contribution is -2.16. The van der Waals surface area contributed by atoms with Gasteiger partial charge in [0, 0.05) is 18.4 Å². The lowest BCUT2D eigenvalue weighted by Gasteiger charge is -2.16. The van der Waals surface area contributed by atoms with Gasteiger partial charge in [0.25, 0.3) is 10.0 Å². The fraction of sp³-hybridized carbons (Fsp3) is 0.261. The van der Waals surface area contributed by atoms with Crippen molar-refractivity contribution in [1.29, 1.82) is 0 Å². The molecule has 0 aliphatic carbocycles. The summed E-state index contributed by atoms with van der Waals surface area (Å²) in [6, 6.07) is 10.6. The van der Waals surface area contributed by atoms with E-state index in [1.807, 2.05) is 32.0 Å². The summed E-state index contributed by atoms with van der Waals surface area (Å²) >= 11 is 0. The van der Waals surface area contributed by atoms with Gasteiger partial charge in [-0.3, -0.25) is 14.3 Å². The molecule has 0 radical (unpaired) electrons. The maximum absolute atomic E-state index is 13.3.